The van der Waals surface area contributed by atoms with Gasteiger partial charge >= 0.3 is 0 Å². The minimum absolute atomic E-state index is 0.0948. The molecular formula is C28H33N5O. The number of aliphatic hydroxyl groups excluding tert-OH is 1. The molecule has 2 aliphatic rings. The zero-order chi connectivity index (χ0) is 23.7. The first-order valence-electron chi connectivity index (χ1n) is 12.1. The number of fused-ring (bicyclic) bond motifs is 1. The van der Waals surface area contributed by atoms with Crippen LogP contribution in [0.5, 0.6) is 0 Å². The number of aliphatic hydroxyl groups is 1. The highest BCUT2D eigenvalue weighted by molar-refractivity contribution is 5.58. The topological polar surface area (TPSA) is 66.5 Å². The molecule has 0 aliphatic carbocycles. The van der Waals surface area contributed by atoms with Gasteiger partial charge in [0.05, 0.1) is 12.6 Å². The summed E-state index contributed by atoms with van der Waals surface area (Å²) in [5.41, 5.74) is 4.34. The minimum Gasteiger partial charge on any atom is -0.510 e. The van der Waals surface area contributed by atoms with Crippen LogP contribution in [-0.4, -0.2) is 43.7 Å². The zero-order valence-electron chi connectivity index (χ0n) is 20.3. The third-order valence-electron chi connectivity index (χ3n) is 6.67. The second-order valence-corrected chi connectivity index (χ2v) is 10.4. The number of hydrogen-bond donors (Lipinski definition) is 1. The van der Waals surface area contributed by atoms with Gasteiger partial charge in [0.25, 0.3) is 0 Å². The van der Waals surface area contributed by atoms with Crippen LogP contribution in [0.2, 0.25) is 0 Å². The van der Waals surface area contributed by atoms with Gasteiger partial charge in [-0.1, -0.05) is 75.4 Å². The van der Waals surface area contributed by atoms with Crippen LogP contribution >= 0.6 is 0 Å². The Bertz CT molecular complexity index is 1240. The van der Waals surface area contributed by atoms with Crippen molar-refractivity contribution in [2.45, 2.75) is 58.2 Å². The van der Waals surface area contributed by atoms with E-state index in [1.807, 2.05) is 4.57 Å². The largest absolute Gasteiger partial charge is 0.510 e. The molecule has 0 unspecified atom stereocenters. The highest BCUT2D eigenvalue weighted by Gasteiger charge is 2.21. The lowest BCUT2D eigenvalue weighted by Gasteiger charge is -2.30. The monoisotopic (exact) mass is 455 g/mol. The maximum Gasteiger partial charge on any atom is 0.229 e. The minimum atomic E-state index is 0.0948. The Hall–Kier alpha value is -3.25. The number of hydrogen-bond acceptors (Lipinski definition) is 5. The molecule has 3 heterocycles. The molecular weight excluding hydrogens is 422 g/mol. The molecule has 3 aromatic rings. The number of benzene rings is 2. The molecule has 1 saturated heterocycles. The maximum absolute atomic E-state index is 10.2. The molecule has 0 atom stereocenters. The molecule has 0 amide bonds. The quantitative estimate of drug-likeness (QED) is 0.618. The van der Waals surface area contributed by atoms with E-state index in [0.717, 1.165) is 38.0 Å². The van der Waals surface area contributed by atoms with Gasteiger partial charge in [-0.15, -0.1) is 0 Å². The van der Waals surface area contributed by atoms with Crippen LogP contribution in [0.4, 0.5) is 0 Å². The number of aromatic nitrogens is 3. The predicted molar refractivity (Wildman–Crippen MR) is 135 cm³/mol. The van der Waals surface area contributed by atoms with Gasteiger partial charge in [-0.05, 0) is 29.4 Å². The summed E-state index contributed by atoms with van der Waals surface area (Å²) in [6.45, 7) is 10.0. The van der Waals surface area contributed by atoms with E-state index in [1.165, 1.54) is 11.1 Å². The van der Waals surface area contributed by atoms with Crippen molar-refractivity contribution in [3.05, 3.63) is 82.9 Å². The normalized spacial score (nSPS) is 17.6. The standard InChI is InChI=1S/C28H33N5O/c1-28(2,3)22-11-9-21(10-12-22)26-30-25-17-24(34)19-33(25)27(31-26)29-23-13-15-32(16-14-23)18-20-7-5-4-6-8-20/h4-12,17,23,34H,13-16,18-19H2,1-3H3. The molecule has 6 heteroatoms. The van der Waals surface area contributed by atoms with Crippen molar-refractivity contribution >= 4 is 6.08 Å². The second-order valence-electron chi connectivity index (χ2n) is 10.4. The molecule has 2 aliphatic heterocycles. The SMILES string of the molecule is CC(C)(C)c1ccc(-c2nc3n(c(=NC4CCN(Cc5ccccc5)CC4)n2)CC(O)=C3)cc1. The van der Waals surface area contributed by atoms with Gasteiger partial charge < -0.3 is 5.11 Å². The molecule has 6 nitrogen and oxygen atoms in total. The van der Waals surface area contributed by atoms with Crippen molar-refractivity contribution in [2.75, 3.05) is 13.1 Å². The summed E-state index contributed by atoms with van der Waals surface area (Å²) in [6, 6.07) is 19.3. The Morgan fingerprint density at radius 3 is 2.35 bits per heavy atom. The van der Waals surface area contributed by atoms with Crippen molar-refractivity contribution < 1.29 is 5.11 Å². The first-order chi connectivity index (χ1) is 16.3. The van der Waals surface area contributed by atoms with Crippen molar-refractivity contribution in [3.63, 3.8) is 0 Å². The van der Waals surface area contributed by atoms with Gasteiger partial charge in [-0.2, -0.15) is 4.98 Å². The van der Waals surface area contributed by atoms with Crippen LogP contribution < -0.4 is 5.62 Å². The van der Waals surface area contributed by atoms with E-state index in [4.69, 9.17) is 15.0 Å². The summed E-state index contributed by atoms with van der Waals surface area (Å²) in [5, 5.41) is 10.2. The molecule has 1 fully saturated rings. The third-order valence-corrected chi connectivity index (χ3v) is 6.67. The van der Waals surface area contributed by atoms with Crippen molar-refractivity contribution in [1.29, 1.82) is 0 Å². The molecule has 0 spiro atoms. The van der Waals surface area contributed by atoms with Crippen LogP contribution in [0.15, 0.2) is 65.3 Å². The number of likely N-dealkylation sites (tertiary alicyclic amines) is 1. The molecule has 2 aromatic carbocycles. The van der Waals surface area contributed by atoms with Gasteiger partial charge in [0.1, 0.15) is 11.6 Å². The highest BCUT2D eigenvalue weighted by atomic mass is 16.3. The summed E-state index contributed by atoms with van der Waals surface area (Å²) >= 11 is 0. The molecule has 1 aromatic heterocycles. The van der Waals surface area contributed by atoms with E-state index in [0.29, 0.717) is 29.6 Å². The summed E-state index contributed by atoms with van der Waals surface area (Å²) in [4.78, 5) is 17.1. The lowest BCUT2D eigenvalue weighted by Crippen LogP contribution is -2.37. The van der Waals surface area contributed by atoms with Gasteiger partial charge in [0, 0.05) is 31.3 Å². The van der Waals surface area contributed by atoms with E-state index < -0.39 is 0 Å². The number of rotatable bonds is 4. The fourth-order valence-corrected chi connectivity index (χ4v) is 4.63. The van der Waals surface area contributed by atoms with E-state index in [-0.39, 0.29) is 11.5 Å². The summed E-state index contributed by atoms with van der Waals surface area (Å²) in [5.74, 6) is 1.66. The first kappa shape index (κ1) is 22.5. The van der Waals surface area contributed by atoms with Crippen LogP contribution in [0.25, 0.3) is 17.5 Å². The van der Waals surface area contributed by atoms with Crippen molar-refractivity contribution in [3.8, 4) is 11.4 Å². The van der Waals surface area contributed by atoms with E-state index in [1.54, 1.807) is 6.08 Å². The number of piperidine rings is 1. The van der Waals surface area contributed by atoms with Crippen LogP contribution in [0.1, 0.15) is 50.6 Å². The predicted octanol–water partition coefficient (Wildman–Crippen LogP) is 4.72. The molecule has 0 bridgehead atoms. The van der Waals surface area contributed by atoms with Gasteiger partial charge in [0.15, 0.2) is 5.82 Å². The van der Waals surface area contributed by atoms with Gasteiger partial charge in [-0.3, -0.25) is 9.47 Å². The summed E-state index contributed by atoms with van der Waals surface area (Å²) in [7, 11) is 0. The summed E-state index contributed by atoms with van der Waals surface area (Å²) in [6.07, 6.45) is 3.72. The Kier molecular flexibility index (Phi) is 6.09. The molecule has 1 N–H and O–H groups in total. The highest BCUT2D eigenvalue weighted by Crippen LogP contribution is 2.25. The average molecular weight is 456 g/mol. The van der Waals surface area contributed by atoms with E-state index in [2.05, 4.69) is 80.3 Å². The van der Waals surface area contributed by atoms with E-state index in [9.17, 15) is 5.11 Å². The lowest BCUT2D eigenvalue weighted by atomic mass is 9.87. The Balaban J connectivity index is 1.38. The van der Waals surface area contributed by atoms with Crippen LogP contribution in [0, 0.1) is 0 Å². The third kappa shape index (κ3) is 4.97. The Morgan fingerprint density at radius 1 is 0.971 bits per heavy atom. The zero-order valence-corrected chi connectivity index (χ0v) is 20.3. The Morgan fingerprint density at radius 2 is 1.68 bits per heavy atom. The first-order valence-corrected chi connectivity index (χ1v) is 12.1. The maximum atomic E-state index is 10.2. The van der Waals surface area contributed by atoms with Crippen LogP contribution in [-0.2, 0) is 18.5 Å². The number of allylic oxidation sites excluding steroid dienone is 1. The lowest BCUT2D eigenvalue weighted by molar-refractivity contribution is 0.204. The van der Waals surface area contributed by atoms with E-state index >= 15 is 0 Å². The number of nitrogens with zero attached hydrogens (tertiary/aromatic N) is 5. The average Bonchev–Trinajstić information content (AvgIpc) is 3.21. The molecule has 34 heavy (non-hydrogen) atoms. The smallest absolute Gasteiger partial charge is 0.229 e. The van der Waals surface area contributed by atoms with Gasteiger partial charge in [0.2, 0.25) is 5.62 Å². The summed E-state index contributed by atoms with van der Waals surface area (Å²) < 4.78 is 1.92. The van der Waals surface area contributed by atoms with Gasteiger partial charge in [-0.25, -0.2) is 9.98 Å². The van der Waals surface area contributed by atoms with Crippen molar-refractivity contribution in [1.82, 2.24) is 19.4 Å². The van der Waals surface area contributed by atoms with Crippen LogP contribution in [0.3, 0.4) is 0 Å². The fraction of sp³-hybridized carbons (Fsp3) is 0.393. The second kappa shape index (κ2) is 9.18. The molecule has 0 saturated carbocycles. The fourth-order valence-electron chi connectivity index (χ4n) is 4.63. The molecule has 5 rings (SSSR count). The Labute approximate surface area is 201 Å². The van der Waals surface area contributed by atoms with Crippen molar-refractivity contribution in [2.24, 2.45) is 4.99 Å². The molecule has 0 radical (unpaired) electrons. The molecule has 176 valence electrons.